The molecule has 0 aliphatic heterocycles. The van der Waals surface area contributed by atoms with Gasteiger partial charge in [0.2, 0.25) is 0 Å². The molecule has 116 valence electrons. The Labute approximate surface area is 122 Å². The number of nitriles is 1. The first-order valence-corrected chi connectivity index (χ1v) is 6.34. The summed E-state index contributed by atoms with van der Waals surface area (Å²) in [5, 5.41) is 14.1. The van der Waals surface area contributed by atoms with Crippen LogP contribution in [0.4, 0.5) is 4.79 Å². The van der Waals surface area contributed by atoms with Crippen LogP contribution >= 0.6 is 0 Å². The first kappa shape index (κ1) is 18.5. The van der Waals surface area contributed by atoms with Gasteiger partial charge in [-0.25, -0.2) is 9.59 Å². The molecular weight excluding hydrogens is 278 g/mol. The number of carbonyl (C=O) groups is 2. The summed E-state index contributed by atoms with van der Waals surface area (Å²) in [7, 11) is 0. The average molecular weight is 297 g/mol. The summed E-state index contributed by atoms with van der Waals surface area (Å²) in [6.45, 7) is 4.86. The highest BCUT2D eigenvalue weighted by atomic mass is 16.6. The minimum Gasteiger partial charge on any atom is -0.449 e. The lowest BCUT2D eigenvalue weighted by molar-refractivity contribution is -0.144. The van der Waals surface area contributed by atoms with Crippen molar-refractivity contribution in [2.75, 3.05) is 13.2 Å². The number of rotatable bonds is 7. The molecule has 1 N–H and O–H groups in total. The van der Waals surface area contributed by atoms with Crippen LogP contribution in [0.3, 0.4) is 0 Å². The Balaban J connectivity index is 4.56. The van der Waals surface area contributed by atoms with E-state index in [1.54, 1.807) is 26.8 Å². The van der Waals surface area contributed by atoms with Gasteiger partial charge >= 0.3 is 12.1 Å². The van der Waals surface area contributed by atoms with Crippen LogP contribution in [0.1, 0.15) is 33.6 Å². The van der Waals surface area contributed by atoms with E-state index in [0.717, 1.165) is 0 Å². The molecule has 9 heteroatoms. The van der Waals surface area contributed by atoms with E-state index >= 15 is 0 Å². The van der Waals surface area contributed by atoms with Gasteiger partial charge in [-0.1, -0.05) is 5.11 Å². The normalized spacial score (nSPS) is 11.5. The van der Waals surface area contributed by atoms with E-state index in [2.05, 4.69) is 20.1 Å². The van der Waals surface area contributed by atoms with Crippen molar-refractivity contribution in [3.8, 4) is 6.07 Å². The molecule has 0 rings (SSSR count). The zero-order valence-corrected chi connectivity index (χ0v) is 12.3. The average Bonchev–Trinajstić information content (AvgIpc) is 2.37. The Morgan fingerprint density at radius 2 is 2.14 bits per heavy atom. The van der Waals surface area contributed by atoms with E-state index in [0.29, 0.717) is 6.42 Å². The van der Waals surface area contributed by atoms with Crippen molar-refractivity contribution in [1.82, 2.24) is 5.32 Å². The second-order valence-electron chi connectivity index (χ2n) is 5.06. The quantitative estimate of drug-likeness (QED) is 0.252. The molecule has 1 amide bonds. The van der Waals surface area contributed by atoms with E-state index in [9.17, 15) is 9.59 Å². The Morgan fingerprint density at radius 3 is 2.67 bits per heavy atom. The fourth-order valence-electron chi connectivity index (χ4n) is 1.31. The maximum absolute atomic E-state index is 11.7. The highest BCUT2D eigenvalue weighted by Crippen LogP contribution is 2.08. The summed E-state index contributed by atoms with van der Waals surface area (Å²) in [6.07, 6.45) is -0.167. The number of hydrogen-bond acceptors (Lipinski definition) is 6. The summed E-state index contributed by atoms with van der Waals surface area (Å²) in [4.78, 5) is 26.0. The molecule has 0 aromatic carbocycles. The van der Waals surface area contributed by atoms with Gasteiger partial charge in [0.05, 0.1) is 0 Å². The number of nitrogens with one attached hydrogen (secondary N) is 1. The molecule has 0 spiro atoms. The van der Waals surface area contributed by atoms with Gasteiger partial charge in [0.1, 0.15) is 17.7 Å². The van der Waals surface area contributed by atoms with Crippen molar-refractivity contribution in [1.29, 1.82) is 5.26 Å². The van der Waals surface area contributed by atoms with Crippen LogP contribution in [0.15, 0.2) is 5.11 Å². The van der Waals surface area contributed by atoms with Crippen LogP contribution in [-0.2, 0) is 14.3 Å². The Morgan fingerprint density at radius 1 is 1.48 bits per heavy atom. The largest absolute Gasteiger partial charge is 0.449 e. The van der Waals surface area contributed by atoms with Crippen LogP contribution in [0, 0.1) is 11.3 Å². The first-order chi connectivity index (χ1) is 9.80. The van der Waals surface area contributed by atoms with Gasteiger partial charge in [-0.15, -0.1) is 0 Å². The standard InChI is InChI=1S/C12H19N5O4/c1-12(2,3)21-11(19)16-9(5-4-7-15-17-14)10(18)20-8-6-13/h9H,4-5,7-8H2,1-3H3,(H,16,19). The molecule has 0 aliphatic carbocycles. The van der Waals surface area contributed by atoms with E-state index in [1.807, 2.05) is 0 Å². The molecule has 0 bridgehead atoms. The Hall–Kier alpha value is -2.46. The fourth-order valence-corrected chi connectivity index (χ4v) is 1.31. The predicted molar refractivity (Wildman–Crippen MR) is 73.0 cm³/mol. The van der Waals surface area contributed by atoms with Crippen molar-refractivity contribution in [3.05, 3.63) is 10.4 Å². The summed E-state index contributed by atoms with van der Waals surface area (Å²) >= 11 is 0. The van der Waals surface area contributed by atoms with Crippen molar-refractivity contribution in [2.24, 2.45) is 5.11 Å². The number of alkyl carbamates (subject to hydrolysis) is 1. The SMILES string of the molecule is CC(C)(C)OC(=O)NC(CCCN=[N+]=[N-])C(=O)OCC#N. The van der Waals surface area contributed by atoms with Crippen LogP contribution in [-0.4, -0.2) is 36.9 Å². The van der Waals surface area contributed by atoms with E-state index in [-0.39, 0.29) is 13.0 Å². The van der Waals surface area contributed by atoms with Crippen LogP contribution < -0.4 is 5.32 Å². The minimum atomic E-state index is -0.956. The van der Waals surface area contributed by atoms with Gasteiger partial charge in [0.15, 0.2) is 6.61 Å². The molecule has 21 heavy (non-hydrogen) atoms. The summed E-state index contributed by atoms with van der Waals surface area (Å²) in [5.41, 5.74) is 7.47. The highest BCUT2D eigenvalue weighted by molar-refractivity contribution is 5.81. The lowest BCUT2D eigenvalue weighted by Gasteiger charge is -2.22. The molecule has 0 aromatic rings. The van der Waals surface area contributed by atoms with Gasteiger partial charge in [-0.3, -0.25) is 0 Å². The van der Waals surface area contributed by atoms with Crippen molar-refractivity contribution in [3.63, 3.8) is 0 Å². The monoisotopic (exact) mass is 297 g/mol. The van der Waals surface area contributed by atoms with Crippen molar-refractivity contribution in [2.45, 2.75) is 45.3 Å². The zero-order valence-electron chi connectivity index (χ0n) is 12.3. The second kappa shape index (κ2) is 9.44. The van der Waals surface area contributed by atoms with Crippen LogP contribution in [0.25, 0.3) is 10.4 Å². The number of esters is 1. The van der Waals surface area contributed by atoms with E-state index in [1.165, 1.54) is 0 Å². The van der Waals surface area contributed by atoms with Gasteiger partial charge in [0, 0.05) is 11.5 Å². The highest BCUT2D eigenvalue weighted by Gasteiger charge is 2.25. The molecule has 0 aliphatic rings. The third kappa shape index (κ3) is 10.0. The summed E-state index contributed by atoms with van der Waals surface area (Å²) < 4.78 is 9.71. The first-order valence-electron chi connectivity index (χ1n) is 6.34. The number of amides is 1. The maximum Gasteiger partial charge on any atom is 0.408 e. The minimum absolute atomic E-state index is 0.189. The number of azide groups is 1. The predicted octanol–water partition coefficient (Wildman–Crippen LogP) is 2.04. The maximum atomic E-state index is 11.7. The molecular formula is C12H19N5O4. The lowest BCUT2D eigenvalue weighted by atomic mass is 10.1. The molecule has 0 saturated carbocycles. The molecule has 0 radical (unpaired) electrons. The second-order valence-corrected chi connectivity index (χ2v) is 5.06. The molecule has 1 atom stereocenters. The Kier molecular flexibility index (Phi) is 8.34. The van der Waals surface area contributed by atoms with E-state index < -0.39 is 30.3 Å². The van der Waals surface area contributed by atoms with Crippen molar-refractivity contribution < 1.29 is 19.1 Å². The third-order valence-electron chi connectivity index (χ3n) is 2.07. The number of hydrogen-bond donors (Lipinski definition) is 1. The molecule has 9 nitrogen and oxygen atoms in total. The lowest BCUT2D eigenvalue weighted by Crippen LogP contribution is -2.44. The third-order valence-corrected chi connectivity index (χ3v) is 2.07. The van der Waals surface area contributed by atoms with Gasteiger partial charge in [-0.05, 0) is 39.1 Å². The molecule has 0 aromatic heterocycles. The summed E-state index contributed by atoms with van der Waals surface area (Å²) in [5.74, 6) is -0.733. The number of ether oxygens (including phenoxy) is 2. The molecule has 0 saturated heterocycles. The topological polar surface area (TPSA) is 137 Å². The van der Waals surface area contributed by atoms with Crippen LogP contribution in [0.2, 0.25) is 0 Å². The number of nitrogens with zero attached hydrogens (tertiary/aromatic N) is 4. The Bertz CT molecular complexity index is 446. The summed E-state index contributed by atoms with van der Waals surface area (Å²) in [6, 6.07) is 0.711. The van der Waals surface area contributed by atoms with E-state index in [4.69, 9.17) is 15.5 Å². The molecule has 1 unspecified atom stereocenters. The number of carbonyl (C=O) groups excluding carboxylic acids is 2. The zero-order chi connectivity index (χ0) is 16.3. The van der Waals surface area contributed by atoms with Gasteiger partial charge in [-0.2, -0.15) is 5.26 Å². The van der Waals surface area contributed by atoms with Gasteiger partial charge in [0.25, 0.3) is 0 Å². The molecule has 0 heterocycles. The smallest absolute Gasteiger partial charge is 0.408 e. The fraction of sp³-hybridized carbons (Fsp3) is 0.750. The van der Waals surface area contributed by atoms with Gasteiger partial charge < -0.3 is 14.8 Å². The molecule has 0 fully saturated rings. The van der Waals surface area contributed by atoms with Crippen molar-refractivity contribution >= 4 is 12.1 Å². The van der Waals surface area contributed by atoms with Crippen LogP contribution in [0.5, 0.6) is 0 Å².